The first kappa shape index (κ1) is 20.3. The van der Waals surface area contributed by atoms with Gasteiger partial charge in [0.1, 0.15) is 0 Å². The molecule has 150 valence electrons. The van der Waals surface area contributed by atoms with Crippen molar-refractivity contribution in [2.24, 2.45) is 0 Å². The number of aromatic nitrogens is 2. The number of nitrogens with zero attached hydrogens (tertiary/aromatic N) is 2. The smallest absolute Gasteiger partial charge is 0.275 e. The Morgan fingerprint density at radius 2 is 1.62 bits per heavy atom. The van der Waals surface area contributed by atoms with Crippen LogP contribution in [0.25, 0.3) is 0 Å². The molecule has 0 saturated carbocycles. The Hall–Kier alpha value is -3.45. The van der Waals surface area contributed by atoms with E-state index in [1.165, 1.54) is 11.9 Å². The van der Waals surface area contributed by atoms with Crippen LogP contribution in [-0.4, -0.2) is 50.9 Å². The van der Waals surface area contributed by atoms with Crippen LogP contribution in [0.15, 0.2) is 71.7 Å². The molecule has 1 heterocycles. The van der Waals surface area contributed by atoms with Crippen molar-refractivity contribution in [3.63, 3.8) is 0 Å². The molecule has 3 aromatic rings. The fraction of sp³-hybridized carbons (Fsp3) is 0.227. The monoisotopic (exact) mass is 393 g/mol. The minimum Gasteiger partial charge on any atom is -0.502 e. The second-order valence-electron chi connectivity index (χ2n) is 6.91. The first-order chi connectivity index (χ1) is 14.0. The maximum Gasteiger partial charge on any atom is 0.275 e. The number of carbonyl (C=O) groups is 1. The van der Waals surface area contributed by atoms with Crippen LogP contribution in [0.5, 0.6) is 5.75 Å². The first-order valence-electron chi connectivity index (χ1n) is 9.27. The summed E-state index contributed by atoms with van der Waals surface area (Å²) in [4.78, 5) is 25.3. The molecule has 7 nitrogen and oxygen atoms in total. The summed E-state index contributed by atoms with van der Waals surface area (Å²) in [5.41, 5.74) is 1.10. The molecule has 1 atom stereocenters. The largest absolute Gasteiger partial charge is 0.502 e. The Morgan fingerprint density at radius 1 is 1.07 bits per heavy atom. The number of hydrogen-bond donors (Lipinski definition) is 3. The molecule has 0 radical (unpaired) electrons. The minimum atomic E-state index is -0.820. The molecule has 0 fully saturated rings. The lowest BCUT2D eigenvalue weighted by atomic mass is 9.86. The summed E-state index contributed by atoms with van der Waals surface area (Å²) in [6.07, 6.45) is 0.479. The average molecular weight is 393 g/mol. The molecule has 2 aromatic carbocycles. The van der Waals surface area contributed by atoms with Crippen molar-refractivity contribution in [1.82, 2.24) is 15.1 Å². The number of aliphatic hydroxyl groups is 1. The molecule has 7 heteroatoms. The number of benzene rings is 2. The van der Waals surface area contributed by atoms with E-state index in [0.29, 0.717) is 6.42 Å². The number of H-pyrrole nitrogens is 1. The van der Waals surface area contributed by atoms with Gasteiger partial charge in [0.05, 0.1) is 12.3 Å². The third kappa shape index (κ3) is 4.89. The van der Waals surface area contributed by atoms with Gasteiger partial charge in [0, 0.05) is 19.5 Å². The van der Waals surface area contributed by atoms with E-state index in [4.69, 9.17) is 0 Å². The summed E-state index contributed by atoms with van der Waals surface area (Å²) in [7, 11) is 1.50. The number of hydrogen-bond acceptors (Lipinski definition) is 5. The summed E-state index contributed by atoms with van der Waals surface area (Å²) in [5.74, 6) is -1.34. The van der Waals surface area contributed by atoms with Crippen LogP contribution < -0.4 is 5.43 Å². The normalized spacial score (nSPS) is 12.0. The molecule has 0 aliphatic heterocycles. The Balaban J connectivity index is 1.75. The van der Waals surface area contributed by atoms with Gasteiger partial charge in [0.15, 0.2) is 11.4 Å². The van der Waals surface area contributed by atoms with Crippen molar-refractivity contribution >= 4 is 5.91 Å². The van der Waals surface area contributed by atoms with Crippen LogP contribution >= 0.6 is 0 Å². The van der Waals surface area contributed by atoms with Gasteiger partial charge in [-0.3, -0.25) is 14.7 Å². The van der Waals surface area contributed by atoms with E-state index in [9.17, 15) is 19.8 Å². The minimum absolute atomic E-state index is 0.0331. The van der Waals surface area contributed by atoms with Crippen LogP contribution in [0.2, 0.25) is 0 Å². The second-order valence-corrected chi connectivity index (χ2v) is 6.91. The molecular weight excluding hydrogens is 370 g/mol. The zero-order valence-corrected chi connectivity index (χ0v) is 16.0. The quantitative estimate of drug-likeness (QED) is 0.570. The van der Waals surface area contributed by atoms with Crippen molar-refractivity contribution in [1.29, 1.82) is 0 Å². The molecular formula is C22H23N3O4. The van der Waals surface area contributed by atoms with Crippen LogP contribution in [0.3, 0.4) is 0 Å². The third-order valence-corrected chi connectivity index (χ3v) is 4.79. The summed E-state index contributed by atoms with van der Waals surface area (Å²) in [5, 5.41) is 26.4. The summed E-state index contributed by atoms with van der Waals surface area (Å²) >= 11 is 0. The summed E-state index contributed by atoms with van der Waals surface area (Å²) < 4.78 is 0. The van der Waals surface area contributed by atoms with E-state index in [1.807, 2.05) is 60.7 Å². The fourth-order valence-electron chi connectivity index (χ4n) is 3.31. The number of likely N-dealkylation sites (N-methyl/N-ethyl adjacent to an activating group) is 1. The van der Waals surface area contributed by atoms with Gasteiger partial charge in [-0.25, -0.2) is 0 Å². The zero-order chi connectivity index (χ0) is 20.8. The molecule has 1 unspecified atom stereocenters. The van der Waals surface area contributed by atoms with Gasteiger partial charge in [-0.15, -0.1) is 0 Å². The van der Waals surface area contributed by atoms with Crippen LogP contribution in [0.1, 0.15) is 34.0 Å². The Kier molecular flexibility index (Phi) is 6.41. The van der Waals surface area contributed by atoms with Gasteiger partial charge in [-0.2, -0.15) is 5.10 Å². The fourth-order valence-corrected chi connectivity index (χ4v) is 3.31. The number of aromatic amines is 1. The van der Waals surface area contributed by atoms with Gasteiger partial charge in [0.25, 0.3) is 5.91 Å². The number of rotatable bonds is 7. The highest BCUT2D eigenvalue weighted by Crippen LogP contribution is 2.29. The molecule has 0 bridgehead atoms. The SMILES string of the molecule is CN(CC(O)CC(c1ccccc1)c1ccccc1)C(=O)c1[nH]ncc(=O)c1O. The van der Waals surface area contributed by atoms with Gasteiger partial charge in [0.2, 0.25) is 5.43 Å². The van der Waals surface area contributed by atoms with E-state index in [2.05, 4.69) is 10.2 Å². The molecule has 1 amide bonds. The maximum atomic E-state index is 12.5. The predicted molar refractivity (Wildman–Crippen MR) is 109 cm³/mol. The lowest BCUT2D eigenvalue weighted by Crippen LogP contribution is -2.36. The highest BCUT2D eigenvalue weighted by molar-refractivity contribution is 5.94. The molecule has 0 aliphatic rings. The second kappa shape index (κ2) is 9.16. The van der Waals surface area contributed by atoms with E-state index in [0.717, 1.165) is 17.3 Å². The number of carbonyl (C=O) groups excluding carboxylic acids is 1. The molecule has 0 spiro atoms. The van der Waals surface area contributed by atoms with Gasteiger partial charge in [-0.1, -0.05) is 60.7 Å². The number of aliphatic hydroxyl groups excluding tert-OH is 1. The molecule has 29 heavy (non-hydrogen) atoms. The van der Waals surface area contributed by atoms with Crippen molar-refractivity contribution in [3.05, 3.63) is 93.9 Å². The lowest BCUT2D eigenvalue weighted by molar-refractivity contribution is 0.0652. The van der Waals surface area contributed by atoms with Gasteiger partial charge < -0.3 is 15.1 Å². The van der Waals surface area contributed by atoms with E-state index >= 15 is 0 Å². The maximum absolute atomic E-state index is 12.5. The van der Waals surface area contributed by atoms with Gasteiger partial charge in [-0.05, 0) is 17.5 Å². The average Bonchev–Trinajstić information content (AvgIpc) is 2.74. The first-order valence-corrected chi connectivity index (χ1v) is 9.27. The Morgan fingerprint density at radius 3 is 2.17 bits per heavy atom. The summed E-state index contributed by atoms with van der Waals surface area (Å²) in [6.45, 7) is 0.0331. The van der Waals surface area contributed by atoms with E-state index in [-0.39, 0.29) is 18.2 Å². The Labute approximate surface area is 168 Å². The number of aromatic hydroxyl groups is 1. The zero-order valence-electron chi connectivity index (χ0n) is 16.0. The lowest BCUT2D eigenvalue weighted by Gasteiger charge is -2.25. The van der Waals surface area contributed by atoms with Crippen LogP contribution in [0.4, 0.5) is 0 Å². The van der Waals surface area contributed by atoms with Crippen molar-refractivity contribution < 1.29 is 15.0 Å². The van der Waals surface area contributed by atoms with Crippen molar-refractivity contribution in [3.8, 4) is 5.75 Å². The highest BCUT2D eigenvalue weighted by Gasteiger charge is 2.24. The Bertz CT molecular complexity index is 966. The van der Waals surface area contributed by atoms with Crippen molar-refractivity contribution in [2.45, 2.75) is 18.4 Å². The van der Waals surface area contributed by atoms with Crippen LogP contribution in [0, 0.1) is 0 Å². The molecule has 3 N–H and O–H groups in total. The van der Waals surface area contributed by atoms with Crippen molar-refractivity contribution in [2.75, 3.05) is 13.6 Å². The number of amides is 1. The van der Waals surface area contributed by atoms with Gasteiger partial charge >= 0.3 is 0 Å². The number of nitrogens with one attached hydrogen (secondary N) is 1. The molecule has 0 aliphatic carbocycles. The third-order valence-electron chi connectivity index (χ3n) is 4.79. The standard InChI is InChI=1S/C22H23N3O4/c1-25(22(29)20-21(28)19(27)13-23-24-20)14-17(26)12-18(15-8-4-2-5-9-15)16-10-6-3-7-11-16/h2-11,13,17-18,26H,12,14H2,1H3,(H,23,28)(H,24,27). The molecule has 1 aromatic heterocycles. The predicted octanol–water partition coefficient (Wildman–Crippen LogP) is 2.13. The summed E-state index contributed by atoms with van der Waals surface area (Å²) in [6, 6.07) is 19.7. The van der Waals surface area contributed by atoms with Crippen LogP contribution in [-0.2, 0) is 0 Å². The van der Waals surface area contributed by atoms with E-state index in [1.54, 1.807) is 0 Å². The van der Waals surface area contributed by atoms with E-state index < -0.39 is 23.2 Å². The molecule has 0 saturated heterocycles. The highest BCUT2D eigenvalue weighted by atomic mass is 16.3. The molecule has 3 rings (SSSR count). The topological polar surface area (TPSA) is 107 Å².